The molecule has 0 spiro atoms. The first kappa shape index (κ1) is 13.9. The molecule has 0 saturated heterocycles. The molecule has 94 valence electrons. The molecule has 1 rings (SSSR count). The molecule has 0 bridgehead atoms. The van der Waals surface area contributed by atoms with Crippen LogP contribution in [0, 0.1) is 5.82 Å². The fourth-order valence-corrected chi connectivity index (χ4v) is 1.59. The molecule has 0 heterocycles. The lowest BCUT2D eigenvalue weighted by Gasteiger charge is -2.19. The number of benzene rings is 1. The quantitative estimate of drug-likeness (QED) is 0.778. The summed E-state index contributed by atoms with van der Waals surface area (Å²) in [4.78, 5) is 0. The van der Waals surface area contributed by atoms with Crippen LogP contribution in [0.4, 0.5) is 4.39 Å². The van der Waals surface area contributed by atoms with Gasteiger partial charge in [-0.05, 0) is 63.9 Å². The summed E-state index contributed by atoms with van der Waals surface area (Å²) in [5.41, 5.74) is 2.24. The van der Waals surface area contributed by atoms with E-state index in [4.69, 9.17) is 0 Å². The molecule has 1 N–H and O–H groups in total. The predicted molar refractivity (Wildman–Crippen MR) is 72.4 cm³/mol. The van der Waals surface area contributed by atoms with Crippen molar-refractivity contribution in [3.63, 3.8) is 0 Å². The number of rotatable bonds is 4. The zero-order chi connectivity index (χ0) is 12.9. The predicted octanol–water partition coefficient (Wildman–Crippen LogP) is 4.01. The molecular formula is C15H22FN. The van der Waals surface area contributed by atoms with Crippen LogP contribution in [-0.2, 0) is 0 Å². The van der Waals surface area contributed by atoms with E-state index in [1.807, 2.05) is 13.0 Å². The SMILES string of the molecule is CC(=CCCNC(C)(C)C)c1cccc(F)c1. The summed E-state index contributed by atoms with van der Waals surface area (Å²) in [5, 5.41) is 3.42. The van der Waals surface area contributed by atoms with Gasteiger partial charge >= 0.3 is 0 Å². The number of nitrogens with one attached hydrogen (secondary N) is 1. The summed E-state index contributed by atoms with van der Waals surface area (Å²) in [5.74, 6) is -0.178. The van der Waals surface area contributed by atoms with Gasteiger partial charge in [-0.25, -0.2) is 4.39 Å². The Hall–Kier alpha value is -1.15. The molecule has 0 aliphatic carbocycles. The van der Waals surface area contributed by atoms with E-state index in [1.165, 1.54) is 6.07 Å². The van der Waals surface area contributed by atoms with Gasteiger partial charge in [0.15, 0.2) is 0 Å². The van der Waals surface area contributed by atoms with Crippen LogP contribution >= 0.6 is 0 Å². The van der Waals surface area contributed by atoms with Gasteiger partial charge in [0.1, 0.15) is 5.82 Å². The van der Waals surface area contributed by atoms with Gasteiger partial charge in [-0.1, -0.05) is 18.2 Å². The molecule has 0 amide bonds. The average Bonchev–Trinajstić information content (AvgIpc) is 2.23. The van der Waals surface area contributed by atoms with Crippen molar-refractivity contribution in [1.29, 1.82) is 0 Å². The fraction of sp³-hybridized carbons (Fsp3) is 0.467. The van der Waals surface area contributed by atoms with E-state index in [2.05, 4.69) is 32.2 Å². The highest BCUT2D eigenvalue weighted by Crippen LogP contribution is 2.15. The Bertz CT molecular complexity index is 388. The molecule has 1 aromatic rings. The molecule has 0 saturated carbocycles. The molecule has 1 nitrogen and oxygen atoms in total. The molecule has 0 aliphatic heterocycles. The molecule has 0 unspecified atom stereocenters. The summed E-state index contributed by atoms with van der Waals surface area (Å²) < 4.78 is 13.0. The van der Waals surface area contributed by atoms with Gasteiger partial charge in [-0.15, -0.1) is 0 Å². The zero-order valence-electron chi connectivity index (χ0n) is 11.2. The molecular weight excluding hydrogens is 213 g/mol. The van der Waals surface area contributed by atoms with Crippen LogP contribution in [0.15, 0.2) is 30.3 Å². The molecule has 1 aromatic carbocycles. The molecule has 0 aromatic heterocycles. The van der Waals surface area contributed by atoms with E-state index in [9.17, 15) is 4.39 Å². The van der Waals surface area contributed by atoms with Crippen molar-refractivity contribution in [2.75, 3.05) is 6.54 Å². The first-order valence-electron chi connectivity index (χ1n) is 6.06. The van der Waals surface area contributed by atoms with Gasteiger partial charge in [0.2, 0.25) is 0 Å². The van der Waals surface area contributed by atoms with Gasteiger partial charge < -0.3 is 5.32 Å². The van der Waals surface area contributed by atoms with Crippen molar-refractivity contribution in [2.45, 2.75) is 39.7 Å². The van der Waals surface area contributed by atoms with Gasteiger partial charge in [-0.3, -0.25) is 0 Å². The van der Waals surface area contributed by atoms with E-state index < -0.39 is 0 Å². The maximum absolute atomic E-state index is 13.0. The van der Waals surface area contributed by atoms with E-state index in [0.717, 1.165) is 24.1 Å². The summed E-state index contributed by atoms with van der Waals surface area (Å²) in [7, 11) is 0. The zero-order valence-corrected chi connectivity index (χ0v) is 11.2. The van der Waals surface area contributed by atoms with E-state index in [0.29, 0.717) is 0 Å². The Morgan fingerprint density at radius 1 is 1.35 bits per heavy atom. The summed E-state index contributed by atoms with van der Waals surface area (Å²) in [6, 6.07) is 6.72. The standard InChI is InChI=1S/C15H22FN/c1-12(7-6-10-17-15(2,3)4)13-8-5-9-14(16)11-13/h5,7-9,11,17H,6,10H2,1-4H3. The first-order chi connectivity index (χ1) is 7.88. The normalized spacial score (nSPS) is 12.9. The highest BCUT2D eigenvalue weighted by atomic mass is 19.1. The molecule has 2 heteroatoms. The highest BCUT2D eigenvalue weighted by molar-refractivity contribution is 5.63. The van der Waals surface area contributed by atoms with Crippen LogP contribution in [0.3, 0.4) is 0 Å². The van der Waals surface area contributed by atoms with Crippen LogP contribution in [0.25, 0.3) is 5.57 Å². The van der Waals surface area contributed by atoms with E-state index in [1.54, 1.807) is 12.1 Å². The molecule has 0 atom stereocenters. The number of halogens is 1. The summed E-state index contributed by atoms with van der Waals surface area (Å²) in [6.07, 6.45) is 3.10. The van der Waals surface area contributed by atoms with Crippen LogP contribution in [0.2, 0.25) is 0 Å². The minimum Gasteiger partial charge on any atom is -0.312 e. The number of allylic oxidation sites excluding steroid dienone is 1. The van der Waals surface area contributed by atoms with Crippen molar-refractivity contribution in [2.24, 2.45) is 0 Å². The van der Waals surface area contributed by atoms with Crippen molar-refractivity contribution in [3.8, 4) is 0 Å². The van der Waals surface area contributed by atoms with Gasteiger partial charge in [0.25, 0.3) is 0 Å². The van der Waals surface area contributed by atoms with Crippen molar-refractivity contribution >= 4 is 5.57 Å². The highest BCUT2D eigenvalue weighted by Gasteiger charge is 2.06. The maximum atomic E-state index is 13.0. The molecule has 0 fully saturated rings. The lowest BCUT2D eigenvalue weighted by atomic mass is 10.1. The Morgan fingerprint density at radius 3 is 2.65 bits per heavy atom. The minimum absolute atomic E-state index is 0.153. The fourth-order valence-electron chi connectivity index (χ4n) is 1.59. The van der Waals surface area contributed by atoms with Crippen molar-refractivity contribution in [1.82, 2.24) is 5.32 Å². The largest absolute Gasteiger partial charge is 0.312 e. The molecule has 0 radical (unpaired) electrons. The summed E-state index contributed by atoms with van der Waals surface area (Å²) in [6.45, 7) is 9.41. The number of hydrogen-bond acceptors (Lipinski definition) is 1. The Labute approximate surface area is 104 Å². The topological polar surface area (TPSA) is 12.0 Å². The Morgan fingerprint density at radius 2 is 2.06 bits per heavy atom. The third kappa shape index (κ3) is 5.64. The third-order valence-electron chi connectivity index (χ3n) is 2.53. The second-order valence-corrected chi connectivity index (χ2v) is 5.36. The Balaban J connectivity index is 2.50. The van der Waals surface area contributed by atoms with E-state index >= 15 is 0 Å². The van der Waals surface area contributed by atoms with E-state index in [-0.39, 0.29) is 11.4 Å². The maximum Gasteiger partial charge on any atom is 0.123 e. The monoisotopic (exact) mass is 235 g/mol. The smallest absolute Gasteiger partial charge is 0.123 e. The lowest BCUT2D eigenvalue weighted by Crippen LogP contribution is -2.36. The second-order valence-electron chi connectivity index (χ2n) is 5.36. The Kier molecular flexibility index (Phi) is 4.88. The van der Waals surface area contributed by atoms with Crippen LogP contribution in [0.5, 0.6) is 0 Å². The minimum atomic E-state index is -0.178. The third-order valence-corrected chi connectivity index (χ3v) is 2.53. The number of hydrogen-bond donors (Lipinski definition) is 1. The van der Waals surface area contributed by atoms with Gasteiger partial charge in [0, 0.05) is 5.54 Å². The van der Waals surface area contributed by atoms with Gasteiger partial charge in [0.05, 0.1) is 0 Å². The van der Waals surface area contributed by atoms with Crippen LogP contribution < -0.4 is 5.32 Å². The lowest BCUT2D eigenvalue weighted by molar-refractivity contribution is 0.431. The van der Waals surface area contributed by atoms with Crippen molar-refractivity contribution in [3.05, 3.63) is 41.7 Å². The van der Waals surface area contributed by atoms with Gasteiger partial charge in [-0.2, -0.15) is 0 Å². The van der Waals surface area contributed by atoms with Crippen molar-refractivity contribution < 1.29 is 4.39 Å². The summed E-state index contributed by atoms with van der Waals surface area (Å²) >= 11 is 0. The van der Waals surface area contributed by atoms with Crippen LogP contribution in [0.1, 0.15) is 39.7 Å². The first-order valence-corrected chi connectivity index (χ1v) is 6.06. The molecule has 17 heavy (non-hydrogen) atoms. The average molecular weight is 235 g/mol. The second kappa shape index (κ2) is 5.97. The molecule has 0 aliphatic rings. The van der Waals surface area contributed by atoms with Crippen LogP contribution in [-0.4, -0.2) is 12.1 Å².